The Labute approximate surface area is 166 Å². The van der Waals surface area contributed by atoms with Gasteiger partial charge in [-0.15, -0.1) is 11.3 Å². The first kappa shape index (κ1) is 21.7. The number of nitrogens with zero attached hydrogens (tertiary/aromatic N) is 3. The normalized spacial score (nSPS) is 17.0. The first-order valence-electron chi connectivity index (χ1n) is 9.52. The van der Waals surface area contributed by atoms with E-state index in [1.807, 2.05) is 46.9 Å². The molecule has 1 atom stereocenters. The lowest BCUT2D eigenvalue weighted by molar-refractivity contribution is -0.164. The van der Waals surface area contributed by atoms with Gasteiger partial charge in [-0.25, -0.2) is 14.6 Å². The van der Waals surface area contributed by atoms with Crippen molar-refractivity contribution >= 4 is 23.3 Å². The molecule has 1 aliphatic rings. The number of hydrogen-bond acceptors (Lipinski definition) is 5. The zero-order valence-corrected chi connectivity index (χ0v) is 18.6. The van der Waals surface area contributed by atoms with Gasteiger partial charge >= 0.3 is 12.0 Å². The van der Waals surface area contributed by atoms with E-state index in [4.69, 9.17) is 4.74 Å². The average Bonchev–Trinajstić information content (AvgIpc) is 3.06. The van der Waals surface area contributed by atoms with E-state index in [-0.39, 0.29) is 12.0 Å². The summed E-state index contributed by atoms with van der Waals surface area (Å²) in [7, 11) is 0. The Morgan fingerprint density at radius 1 is 1.22 bits per heavy atom. The number of aromatic nitrogens is 1. The van der Waals surface area contributed by atoms with Crippen molar-refractivity contribution in [2.75, 3.05) is 13.1 Å². The summed E-state index contributed by atoms with van der Waals surface area (Å²) >= 11 is 1.63. The molecule has 0 unspecified atom stereocenters. The number of amides is 2. The summed E-state index contributed by atoms with van der Waals surface area (Å²) in [5, 5.41) is 3.09. The van der Waals surface area contributed by atoms with Gasteiger partial charge in [-0.1, -0.05) is 34.6 Å². The smallest absolute Gasteiger partial charge is 0.329 e. The standard InChI is InChI=1S/C20H33N3O3S/c1-13(2)16-21-14(12-27-16)11-22-9-10-23(18(22)25)15(19(3,4)5)17(24)26-20(6,7)8/h12-13,15H,9-11H2,1-8H3/t15-/m1/s1. The molecule has 0 spiro atoms. The van der Waals surface area contributed by atoms with Crippen LogP contribution in [0.2, 0.25) is 0 Å². The van der Waals surface area contributed by atoms with E-state index < -0.39 is 17.1 Å². The van der Waals surface area contributed by atoms with Gasteiger partial charge in [0.15, 0.2) is 0 Å². The summed E-state index contributed by atoms with van der Waals surface area (Å²) < 4.78 is 5.61. The van der Waals surface area contributed by atoms with Crippen LogP contribution in [0.25, 0.3) is 0 Å². The molecule has 0 aliphatic carbocycles. The molecule has 7 heteroatoms. The van der Waals surface area contributed by atoms with Crippen LogP contribution >= 0.6 is 11.3 Å². The van der Waals surface area contributed by atoms with E-state index in [0.717, 1.165) is 10.7 Å². The van der Waals surface area contributed by atoms with E-state index in [1.165, 1.54) is 0 Å². The molecule has 1 fully saturated rings. The molecular formula is C20H33N3O3S. The van der Waals surface area contributed by atoms with Crippen molar-refractivity contribution in [2.24, 2.45) is 5.41 Å². The highest BCUT2D eigenvalue weighted by Crippen LogP contribution is 2.30. The minimum atomic E-state index is -0.615. The molecule has 2 heterocycles. The summed E-state index contributed by atoms with van der Waals surface area (Å²) in [5.74, 6) is 0.0351. The van der Waals surface area contributed by atoms with E-state index in [2.05, 4.69) is 18.8 Å². The number of rotatable bonds is 5. The molecule has 1 aromatic rings. The highest BCUT2D eigenvalue weighted by molar-refractivity contribution is 7.09. The Morgan fingerprint density at radius 3 is 2.33 bits per heavy atom. The lowest BCUT2D eigenvalue weighted by atomic mass is 9.85. The third-order valence-corrected chi connectivity index (χ3v) is 5.50. The van der Waals surface area contributed by atoms with Gasteiger partial charge in [-0.05, 0) is 26.2 Å². The van der Waals surface area contributed by atoms with E-state index in [0.29, 0.717) is 25.6 Å². The van der Waals surface area contributed by atoms with E-state index in [1.54, 1.807) is 21.1 Å². The third-order valence-electron chi connectivity index (χ3n) is 4.31. The van der Waals surface area contributed by atoms with Crippen molar-refractivity contribution in [1.29, 1.82) is 0 Å². The Morgan fingerprint density at radius 2 is 1.85 bits per heavy atom. The van der Waals surface area contributed by atoms with Crippen molar-refractivity contribution in [3.05, 3.63) is 16.1 Å². The van der Waals surface area contributed by atoms with Gasteiger partial charge in [-0.2, -0.15) is 0 Å². The van der Waals surface area contributed by atoms with E-state index in [9.17, 15) is 9.59 Å². The minimum absolute atomic E-state index is 0.125. The fraction of sp³-hybridized carbons (Fsp3) is 0.750. The Kier molecular flexibility index (Phi) is 6.24. The average molecular weight is 396 g/mol. The molecular weight excluding hydrogens is 362 g/mol. The second-order valence-electron chi connectivity index (χ2n) is 9.53. The summed E-state index contributed by atoms with van der Waals surface area (Å²) in [6.45, 7) is 17.2. The van der Waals surface area contributed by atoms with Crippen LogP contribution in [0.15, 0.2) is 5.38 Å². The molecule has 0 saturated carbocycles. The predicted octanol–water partition coefficient (Wildman–Crippen LogP) is 4.26. The lowest BCUT2D eigenvalue weighted by Gasteiger charge is -2.37. The van der Waals surface area contributed by atoms with Gasteiger partial charge in [0.1, 0.15) is 11.6 Å². The summed E-state index contributed by atoms with van der Waals surface area (Å²) in [4.78, 5) is 33.9. The first-order valence-corrected chi connectivity index (χ1v) is 10.4. The number of urea groups is 1. The highest BCUT2D eigenvalue weighted by Gasteiger charge is 2.45. The maximum atomic E-state index is 13.0. The summed E-state index contributed by atoms with van der Waals surface area (Å²) in [6, 6.07) is -0.740. The molecule has 0 aromatic carbocycles. The highest BCUT2D eigenvalue weighted by atomic mass is 32.1. The maximum absolute atomic E-state index is 13.0. The fourth-order valence-electron chi connectivity index (χ4n) is 3.15. The van der Waals surface area contributed by atoms with Crippen LogP contribution in [-0.4, -0.2) is 51.5 Å². The van der Waals surface area contributed by atoms with Gasteiger partial charge in [-0.3, -0.25) is 0 Å². The number of thiazole rings is 1. The quantitative estimate of drug-likeness (QED) is 0.699. The van der Waals surface area contributed by atoms with Crippen molar-refractivity contribution in [2.45, 2.75) is 79.5 Å². The zero-order valence-electron chi connectivity index (χ0n) is 17.8. The van der Waals surface area contributed by atoms with Crippen LogP contribution in [0, 0.1) is 5.41 Å². The molecule has 0 radical (unpaired) electrons. The topological polar surface area (TPSA) is 62.7 Å². The van der Waals surface area contributed by atoms with Gasteiger partial charge in [0, 0.05) is 24.4 Å². The maximum Gasteiger partial charge on any atom is 0.329 e. The van der Waals surface area contributed by atoms with Crippen molar-refractivity contribution < 1.29 is 14.3 Å². The number of esters is 1. The second kappa shape index (κ2) is 7.78. The Bertz CT molecular complexity index is 685. The van der Waals surface area contributed by atoms with Crippen molar-refractivity contribution in [3.63, 3.8) is 0 Å². The second-order valence-corrected chi connectivity index (χ2v) is 10.4. The van der Waals surface area contributed by atoms with Crippen LogP contribution in [-0.2, 0) is 16.1 Å². The molecule has 2 amide bonds. The lowest BCUT2D eigenvalue weighted by Crippen LogP contribution is -2.52. The zero-order chi connectivity index (χ0) is 20.6. The number of carbonyl (C=O) groups is 2. The van der Waals surface area contributed by atoms with Crippen LogP contribution < -0.4 is 0 Å². The van der Waals surface area contributed by atoms with Crippen LogP contribution in [0.3, 0.4) is 0 Å². The molecule has 1 aliphatic heterocycles. The van der Waals surface area contributed by atoms with Gasteiger partial charge in [0.25, 0.3) is 0 Å². The molecule has 0 N–H and O–H groups in total. The number of carbonyl (C=O) groups excluding carboxylic acids is 2. The van der Waals surface area contributed by atoms with Crippen LogP contribution in [0.5, 0.6) is 0 Å². The van der Waals surface area contributed by atoms with Gasteiger partial charge in [0.2, 0.25) is 0 Å². The van der Waals surface area contributed by atoms with Gasteiger partial charge < -0.3 is 14.5 Å². The number of hydrogen-bond donors (Lipinski definition) is 0. The van der Waals surface area contributed by atoms with E-state index >= 15 is 0 Å². The monoisotopic (exact) mass is 395 g/mol. The molecule has 6 nitrogen and oxygen atoms in total. The van der Waals surface area contributed by atoms with Crippen molar-refractivity contribution in [3.8, 4) is 0 Å². The van der Waals surface area contributed by atoms with Gasteiger partial charge in [0.05, 0.1) is 17.2 Å². The fourth-order valence-corrected chi connectivity index (χ4v) is 3.98. The van der Waals surface area contributed by atoms with Crippen LogP contribution in [0.4, 0.5) is 4.79 Å². The summed E-state index contributed by atoms with van der Waals surface area (Å²) in [5.41, 5.74) is -0.0976. The largest absolute Gasteiger partial charge is 0.458 e. The minimum Gasteiger partial charge on any atom is -0.458 e. The molecule has 0 bridgehead atoms. The molecule has 27 heavy (non-hydrogen) atoms. The summed E-state index contributed by atoms with van der Waals surface area (Å²) in [6.07, 6.45) is 0. The molecule has 1 aromatic heterocycles. The third kappa shape index (κ3) is 5.43. The first-order chi connectivity index (χ1) is 12.3. The Balaban J connectivity index is 2.14. The molecule has 152 valence electrons. The molecule has 2 rings (SSSR count). The SMILES string of the molecule is CC(C)c1nc(CN2CCN([C@H](C(=O)OC(C)(C)C)C(C)(C)C)C2=O)cs1. The number of ether oxygens (including phenoxy) is 1. The van der Waals surface area contributed by atoms with Crippen LogP contribution in [0.1, 0.15) is 72.0 Å². The molecule has 1 saturated heterocycles. The van der Waals surface area contributed by atoms with Crippen molar-refractivity contribution in [1.82, 2.24) is 14.8 Å². The Hall–Kier alpha value is -1.63. The predicted molar refractivity (Wildman–Crippen MR) is 108 cm³/mol.